The van der Waals surface area contributed by atoms with E-state index in [0.29, 0.717) is 6.54 Å². The lowest BCUT2D eigenvalue weighted by Crippen LogP contribution is -2.12. The van der Waals surface area contributed by atoms with Crippen molar-refractivity contribution < 1.29 is 9.18 Å². The molecule has 1 amide bonds. The zero-order valence-electron chi connectivity index (χ0n) is 9.98. The molecule has 0 saturated carbocycles. The molecule has 0 aliphatic rings. The number of carbonyl (C=O) groups is 1. The second kappa shape index (κ2) is 4.91. The smallest absolute Gasteiger partial charge is 0.248 e. The topological polar surface area (TPSA) is 60.1 Å². The number of nitrogens with zero attached hydrogens (tertiary/aromatic N) is 1. The molecule has 2 aromatic rings. The van der Waals surface area contributed by atoms with Gasteiger partial charge >= 0.3 is 0 Å². The second-order valence-electron chi connectivity index (χ2n) is 4.02. The third-order valence-electron chi connectivity index (χ3n) is 2.76. The number of nitrogens with two attached hydrogens (primary N) is 1. The quantitative estimate of drug-likeness (QED) is 0.866. The number of aromatic nitrogens is 1. The zero-order chi connectivity index (χ0) is 13.1. The summed E-state index contributed by atoms with van der Waals surface area (Å²) in [5, 5.41) is 2.95. The monoisotopic (exact) mass is 247 g/mol. The van der Waals surface area contributed by atoms with Crippen LogP contribution in [0.5, 0.6) is 0 Å². The second-order valence-corrected chi connectivity index (χ2v) is 4.02. The molecule has 0 radical (unpaired) electrons. The minimum absolute atomic E-state index is 0.271. The van der Waals surface area contributed by atoms with E-state index >= 15 is 0 Å². The SMILES string of the molecule is Cn1cccc1CNc1cc(C(N)=O)ccc1F. The first-order valence-corrected chi connectivity index (χ1v) is 5.51. The maximum absolute atomic E-state index is 13.5. The standard InChI is InChI=1S/C13H14FN3O/c1-17-6-2-3-10(17)8-16-12-7-9(13(15)18)4-5-11(12)14/h2-7,16H,8H2,1H3,(H2,15,18). The summed E-state index contributed by atoms with van der Waals surface area (Å²) in [6.07, 6.45) is 1.91. The van der Waals surface area contributed by atoms with Crippen LogP contribution in [-0.2, 0) is 13.6 Å². The molecule has 0 aliphatic heterocycles. The van der Waals surface area contributed by atoms with E-state index in [1.807, 2.05) is 29.9 Å². The number of carbonyl (C=O) groups excluding carboxylic acids is 1. The summed E-state index contributed by atoms with van der Waals surface area (Å²) in [5.41, 5.74) is 6.72. The maximum Gasteiger partial charge on any atom is 0.248 e. The van der Waals surface area contributed by atoms with Crippen molar-refractivity contribution in [2.45, 2.75) is 6.54 Å². The predicted molar refractivity (Wildman–Crippen MR) is 67.7 cm³/mol. The van der Waals surface area contributed by atoms with Gasteiger partial charge in [0.2, 0.25) is 5.91 Å². The van der Waals surface area contributed by atoms with Gasteiger partial charge in [-0.25, -0.2) is 4.39 Å². The summed E-state index contributed by atoms with van der Waals surface area (Å²) in [4.78, 5) is 11.0. The highest BCUT2D eigenvalue weighted by Crippen LogP contribution is 2.17. The first kappa shape index (κ1) is 12.2. The highest BCUT2D eigenvalue weighted by Gasteiger charge is 2.07. The van der Waals surface area contributed by atoms with Crippen molar-refractivity contribution in [2.75, 3.05) is 5.32 Å². The molecule has 0 bridgehead atoms. The van der Waals surface area contributed by atoms with Gasteiger partial charge < -0.3 is 15.6 Å². The Bertz CT molecular complexity index is 577. The molecule has 0 spiro atoms. The van der Waals surface area contributed by atoms with Crippen LogP contribution in [-0.4, -0.2) is 10.5 Å². The molecule has 4 nitrogen and oxygen atoms in total. The van der Waals surface area contributed by atoms with E-state index < -0.39 is 11.7 Å². The van der Waals surface area contributed by atoms with E-state index in [1.54, 1.807) is 0 Å². The molecule has 0 unspecified atom stereocenters. The average Bonchev–Trinajstić information content (AvgIpc) is 2.73. The molecule has 0 atom stereocenters. The van der Waals surface area contributed by atoms with Crippen LogP contribution in [0.15, 0.2) is 36.5 Å². The summed E-state index contributed by atoms with van der Waals surface area (Å²) in [5.74, 6) is -0.980. The van der Waals surface area contributed by atoms with Crippen LogP contribution in [0.4, 0.5) is 10.1 Å². The number of hydrogen-bond acceptors (Lipinski definition) is 2. The number of benzene rings is 1. The van der Waals surface area contributed by atoms with Crippen molar-refractivity contribution in [2.24, 2.45) is 12.8 Å². The summed E-state index contributed by atoms with van der Waals surface area (Å²) < 4.78 is 15.5. The van der Waals surface area contributed by atoms with Gasteiger partial charge in [-0.2, -0.15) is 0 Å². The van der Waals surface area contributed by atoms with Crippen molar-refractivity contribution in [3.63, 3.8) is 0 Å². The molecule has 5 heteroatoms. The molecule has 2 rings (SSSR count). The van der Waals surface area contributed by atoms with Crippen molar-refractivity contribution in [3.05, 3.63) is 53.6 Å². The first-order valence-electron chi connectivity index (χ1n) is 5.51. The van der Waals surface area contributed by atoms with Gasteiger partial charge in [-0.05, 0) is 30.3 Å². The molecular formula is C13H14FN3O. The molecule has 94 valence electrons. The number of anilines is 1. The molecule has 0 saturated heterocycles. The molecular weight excluding hydrogens is 233 g/mol. The fourth-order valence-corrected chi connectivity index (χ4v) is 1.68. The number of rotatable bonds is 4. The number of primary amides is 1. The van der Waals surface area contributed by atoms with Crippen LogP contribution in [0.3, 0.4) is 0 Å². The Hall–Kier alpha value is -2.30. The van der Waals surface area contributed by atoms with Crippen LogP contribution < -0.4 is 11.1 Å². The molecule has 1 heterocycles. The molecule has 3 N–H and O–H groups in total. The first-order chi connectivity index (χ1) is 8.58. The Morgan fingerprint density at radius 3 is 2.83 bits per heavy atom. The predicted octanol–water partition coefficient (Wildman–Crippen LogP) is 1.88. The Morgan fingerprint density at radius 2 is 2.22 bits per heavy atom. The number of halogens is 1. The van der Waals surface area contributed by atoms with Crippen molar-refractivity contribution >= 4 is 11.6 Å². The zero-order valence-corrected chi connectivity index (χ0v) is 9.98. The van der Waals surface area contributed by atoms with Gasteiger partial charge in [-0.3, -0.25) is 4.79 Å². The molecule has 1 aromatic carbocycles. The number of aryl methyl sites for hydroxylation is 1. The fraction of sp³-hybridized carbons (Fsp3) is 0.154. The van der Waals surface area contributed by atoms with E-state index in [0.717, 1.165) is 5.69 Å². The highest BCUT2D eigenvalue weighted by atomic mass is 19.1. The summed E-state index contributed by atoms with van der Waals surface area (Å²) >= 11 is 0. The van der Waals surface area contributed by atoms with Gasteiger partial charge in [0.05, 0.1) is 12.2 Å². The number of nitrogens with one attached hydrogen (secondary N) is 1. The largest absolute Gasteiger partial charge is 0.377 e. The molecule has 1 aromatic heterocycles. The fourth-order valence-electron chi connectivity index (χ4n) is 1.68. The van der Waals surface area contributed by atoms with E-state index in [2.05, 4.69) is 5.32 Å². The van der Waals surface area contributed by atoms with Crippen LogP contribution in [0.2, 0.25) is 0 Å². The van der Waals surface area contributed by atoms with Gasteiger partial charge in [0.25, 0.3) is 0 Å². The Balaban J connectivity index is 2.16. The van der Waals surface area contributed by atoms with Gasteiger partial charge in [0, 0.05) is 24.5 Å². The molecule has 18 heavy (non-hydrogen) atoms. The van der Waals surface area contributed by atoms with Crippen molar-refractivity contribution in [1.29, 1.82) is 0 Å². The van der Waals surface area contributed by atoms with Crippen LogP contribution in [0.25, 0.3) is 0 Å². The minimum atomic E-state index is -0.572. The van der Waals surface area contributed by atoms with Crippen molar-refractivity contribution in [3.8, 4) is 0 Å². The summed E-state index contributed by atoms with van der Waals surface area (Å²) in [7, 11) is 1.91. The summed E-state index contributed by atoms with van der Waals surface area (Å²) in [6.45, 7) is 0.475. The van der Waals surface area contributed by atoms with Gasteiger partial charge in [-0.1, -0.05) is 0 Å². The Kier molecular flexibility index (Phi) is 3.32. The lowest BCUT2D eigenvalue weighted by atomic mass is 10.2. The number of amides is 1. The normalized spacial score (nSPS) is 10.3. The van der Waals surface area contributed by atoms with Gasteiger partial charge in [0.15, 0.2) is 0 Å². The van der Waals surface area contributed by atoms with Gasteiger partial charge in [-0.15, -0.1) is 0 Å². The lowest BCUT2D eigenvalue weighted by Gasteiger charge is -2.09. The highest BCUT2D eigenvalue weighted by molar-refractivity contribution is 5.93. The Morgan fingerprint density at radius 1 is 1.44 bits per heavy atom. The van der Waals surface area contributed by atoms with Crippen LogP contribution >= 0.6 is 0 Å². The van der Waals surface area contributed by atoms with E-state index in [-0.39, 0.29) is 11.3 Å². The van der Waals surface area contributed by atoms with E-state index in [1.165, 1.54) is 18.2 Å². The third-order valence-corrected chi connectivity index (χ3v) is 2.76. The van der Waals surface area contributed by atoms with Gasteiger partial charge in [0.1, 0.15) is 5.82 Å². The third kappa shape index (κ3) is 2.51. The maximum atomic E-state index is 13.5. The summed E-state index contributed by atoms with van der Waals surface area (Å²) in [6, 6.07) is 7.86. The average molecular weight is 247 g/mol. The van der Waals surface area contributed by atoms with Crippen LogP contribution in [0.1, 0.15) is 16.1 Å². The van der Waals surface area contributed by atoms with E-state index in [9.17, 15) is 9.18 Å². The van der Waals surface area contributed by atoms with Crippen molar-refractivity contribution in [1.82, 2.24) is 4.57 Å². The lowest BCUT2D eigenvalue weighted by molar-refractivity contribution is 0.100. The number of hydrogen-bond donors (Lipinski definition) is 2. The minimum Gasteiger partial charge on any atom is -0.377 e. The Labute approximate surface area is 104 Å². The molecule has 0 aliphatic carbocycles. The van der Waals surface area contributed by atoms with E-state index in [4.69, 9.17) is 5.73 Å². The molecule has 0 fully saturated rings. The van der Waals surface area contributed by atoms with Crippen LogP contribution in [0, 0.1) is 5.82 Å².